The minimum atomic E-state index is -0.916. The highest BCUT2D eigenvalue weighted by Crippen LogP contribution is 1.98. The lowest BCUT2D eigenvalue weighted by atomic mass is 10.1. The van der Waals surface area contributed by atoms with Crippen LogP contribution in [0.1, 0.15) is 20.3 Å². The number of carbonyl (C=O) groups excluding carboxylic acids is 2. The SMILES string of the molecule is CC(CNC(=O)NC(C)C(N)=O)CC(=O)O. The third kappa shape index (κ3) is 6.63. The van der Waals surface area contributed by atoms with Crippen molar-refractivity contribution in [1.29, 1.82) is 0 Å². The fourth-order valence-electron chi connectivity index (χ4n) is 0.956. The molecule has 0 aromatic heterocycles. The van der Waals surface area contributed by atoms with Gasteiger partial charge in [-0.05, 0) is 12.8 Å². The van der Waals surface area contributed by atoms with Gasteiger partial charge in [0.25, 0.3) is 0 Å². The Morgan fingerprint density at radius 2 is 1.88 bits per heavy atom. The Balaban J connectivity index is 3.81. The molecule has 2 unspecified atom stereocenters. The van der Waals surface area contributed by atoms with Crippen LogP contribution in [-0.2, 0) is 9.59 Å². The molecule has 16 heavy (non-hydrogen) atoms. The lowest BCUT2D eigenvalue weighted by Crippen LogP contribution is -2.47. The summed E-state index contributed by atoms with van der Waals surface area (Å²) in [5.74, 6) is -1.72. The molecule has 3 amide bonds. The maximum Gasteiger partial charge on any atom is 0.315 e. The number of rotatable bonds is 6. The van der Waals surface area contributed by atoms with E-state index in [9.17, 15) is 14.4 Å². The van der Waals surface area contributed by atoms with Gasteiger partial charge in [0.05, 0.1) is 0 Å². The van der Waals surface area contributed by atoms with E-state index in [-0.39, 0.29) is 18.9 Å². The Labute approximate surface area is 93.4 Å². The second-order valence-corrected chi connectivity index (χ2v) is 3.68. The largest absolute Gasteiger partial charge is 0.481 e. The van der Waals surface area contributed by atoms with Crippen molar-refractivity contribution in [3.63, 3.8) is 0 Å². The summed E-state index contributed by atoms with van der Waals surface area (Å²) in [6.45, 7) is 3.39. The highest BCUT2D eigenvalue weighted by atomic mass is 16.4. The van der Waals surface area contributed by atoms with Gasteiger partial charge < -0.3 is 21.5 Å². The van der Waals surface area contributed by atoms with E-state index in [0.29, 0.717) is 0 Å². The molecule has 0 saturated heterocycles. The quantitative estimate of drug-likeness (QED) is 0.481. The molecule has 92 valence electrons. The number of hydrogen-bond donors (Lipinski definition) is 4. The molecule has 0 aliphatic carbocycles. The maximum absolute atomic E-state index is 11.2. The first-order valence-corrected chi connectivity index (χ1v) is 4.88. The molecular formula is C9H17N3O4. The van der Waals surface area contributed by atoms with E-state index in [2.05, 4.69) is 10.6 Å². The highest BCUT2D eigenvalue weighted by molar-refractivity contribution is 5.85. The predicted molar refractivity (Wildman–Crippen MR) is 56.6 cm³/mol. The van der Waals surface area contributed by atoms with Crippen LogP contribution in [0.3, 0.4) is 0 Å². The number of aliphatic carboxylic acids is 1. The minimum absolute atomic E-state index is 0.0222. The van der Waals surface area contributed by atoms with Crippen molar-refractivity contribution >= 4 is 17.9 Å². The summed E-state index contributed by atoms with van der Waals surface area (Å²) in [5.41, 5.74) is 4.95. The van der Waals surface area contributed by atoms with Crippen molar-refractivity contribution in [3.8, 4) is 0 Å². The number of carboxylic acid groups (broad SMARTS) is 1. The molecule has 2 atom stereocenters. The number of carbonyl (C=O) groups is 3. The first-order valence-electron chi connectivity index (χ1n) is 4.88. The number of carboxylic acids is 1. The average Bonchev–Trinajstić information content (AvgIpc) is 2.13. The van der Waals surface area contributed by atoms with Crippen LogP contribution < -0.4 is 16.4 Å². The van der Waals surface area contributed by atoms with Gasteiger partial charge in [0.15, 0.2) is 0 Å². The van der Waals surface area contributed by atoms with Crippen LogP contribution in [0.2, 0.25) is 0 Å². The molecule has 0 aliphatic heterocycles. The number of primary amides is 1. The van der Waals surface area contributed by atoms with Crippen molar-refractivity contribution < 1.29 is 19.5 Å². The molecule has 0 saturated carbocycles. The molecule has 0 fully saturated rings. The van der Waals surface area contributed by atoms with E-state index in [1.165, 1.54) is 6.92 Å². The summed E-state index contributed by atoms with van der Waals surface area (Å²) in [6, 6.07) is -1.29. The summed E-state index contributed by atoms with van der Waals surface area (Å²) in [5, 5.41) is 13.2. The Morgan fingerprint density at radius 3 is 2.31 bits per heavy atom. The number of nitrogens with one attached hydrogen (secondary N) is 2. The van der Waals surface area contributed by atoms with E-state index in [1.807, 2.05) is 0 Å². The van der Waals surface area contributed by atoms with Gasteiger partial charge in [-0.1, -0.05) is 6.92 Å². The summed E-state index contributed by atoms with van der Waals surface area (Å²) in [6.07, 6.45) is -0.0222. The number of amides is 3. The first-order chi connectivity index (χ1) is 7.32. The second-order valence-electron chi connectivity index (χ2n) is 3.68. The van der Waals surface area contributed by atoms with E-state index >= 15 is 0 Å². The Kier molecular flexibility index (Phi) is 5.91. The third-order valence-electron chi connectivity index (χ3n) is 1.91. The van der Waals surface area contributed by atoms with Crippen LogP contribution >= 0.6 is 0 Å². The molecule has 7 heteroatoms. The minimum Gasteiger partial charge on any atom is -0.481 e. The van der Waals surface area contributed by atoms with Crippen LogP contribution in [0.4, 0.5) is 4.79 Å². The zero-order valence-corrected chi connectivity index (χ0v) is 9.32. The zero-order valence-electron chi connectivity index (χ0n) is 9.32. The van der Waals surface area contributed by atoms with E-state index in [4.69, 9.17) is 10.8 Å². The van der Waals surface area contributed by atoms with E-state index in [1.54, 1.807) is 6.92 Å². The van der Waals surface area contributed by atoms with Gasteiger partial charge in [0.2, 0.25) is 5.91 Å². The van der Waals surface area contributed by atoms with Crippen molar-refractivity contribution in [2.45, 2.75) is 26.3 Å². The van der Waals surface area contributed by atoms with Gasteiger partial charge in [-0.25, -0.2) is 4.79 Å². The second kappa shape index (κ2) is 6.65. The number of urea groups is 1. The third-order valence-corrected chi connectivity index (χ3v) is 1.91. The molecule has 0 rings (SSSR count). The monoisotopic (exact) mass is 231 g/mol. The van der Waals surface area contributed by atoms with Crippen molar-refractivity contribution in [1.82, 2.24) is 10.6 Å². The topological polar surface area (TPSA) is 122 Å². The van der Waals surface area contributed by atoms with E-state index < -0.39 is 23.9 Å². The molecule has 5 N–H and O–H groups in total. The number of nitrogens with two attached hydrogens (primary N) is 1. The fraction of sp³-hybridized carbons (Fsp3) is 0.667. The smallest absolute Gasteiger partial charge is 0.315 e. The Morgan fingerprint density at radius 1 is 1.31 bits per heavy atom. The standard InChI is InChI=1S/C9H17N3O4/c1-5(3-7(13)14)4-11-9(16)12-6(2)8(10)15/h5-6H,3-4H2,1-2H3,(H2,10,15)(H,13,14)(H2,11,12,16). The van der Waals surface area contributed by atoms with Crippen LogP contribution in [0.25, 0.3) is 0 Å². The molecule has 0 aromatic rings. The molecule has 0 heterocycles. The molecular weight excluding hydrogens is 214 g/mol. The number of hydrogen-bond acceptors (Lipinski definition) is 3. The van der Waals surface area contributed by atoms with Crippen molar-refractivity contribution in [2.24, 2.45) is 11.7 Å². The van der Waals surface area contributed by atoms with Crippen LogP contribution in [-0.4, -0.2) is 35.6 Å². The molecule has 7 nitrogen and oxygen atoms in total. The molecule has 0 spiro atoms. The molecule has 0 aromatic carbocycles. The van der Waals surface area contributed by atoms with Crippen molar-refractivity contribution in [3.05, 3.63) is 0 Å². The fourth-order valence-corrected chi connectivity index (χ4v) is 0.956. The molecule has 0 radical (unpaired) electrons. The van der Waals surface area contributed by atoms with Gasteiger partial charge in [-0.3, -0.25) is 9.59 Å². The van der Waals surface area contributed by atoms with Gasteiger partial charge in [0.1, 0.15) is 6.04 Å². The van der Waals surface area contributed by atoms with E-state index in [0.717, 1.165) is 0 Å². The average molecular weight is 231 g/mol. The predicted octanol–water partition coefficient (Wildman–Crippen LogP) is -0.730. The normalized spacial score (nSPS) is 13.6. The van der Waals surface area contributed by atoms with Gasteiger partial charge in [-0.2, -0.15) is 0 Å². The zero-order chi connectivity index (χ0) is 12.7. The summed E-state index contributed by atoms with van der Waals surface area (Å²) in [4.78, 5) is 32.1. The van der Waals surface area contributed by atoms with Crippen LogP contribution in [0.5, 0.6) is 0 Å². The summed E-state index contributed by atoms with van der Waals surface area (Å²) < 4.78 is 0. The lowest BCUT2D eigenvalue weighted by molar-refractivity contribution is -0.137. The maximum atomic E-state index is 11.2. The summed E-state index contributed by atoms with van der Waals surface area (Å²) >= 11 is 0. The van der Waals surface area contributed by atoms with Gasteiger partial charge >= 0.3 is 12.0 Å². The van der Waals surface area contributed by atoms with Crippen LogP contribution in [0.15, 0.2) is 0 Å². The van der Waals surface area contributed by atoms with Gasteiger partial charge in [0, 0.05) is 13.0 Å². The van der Waals surface area contributed by atoms with Crippen LogP contribution in [0, 0.1) is 5.92 Å². The highest BCUT2D eigenvalue weighted by Gasteiger charge is 2.13. The van der Waals surface area contributed by atoms with Crippen molar-refractivity contribution in [2.75, 3.05) is 6.54 Å². The Hall–Kier alpha value is -1.79. The lowest BCUT2D eigenvalue weighted by Gasteiger charge is -2.13. The molecule has 0 bridgehead atoms. The molecule has 0 aliphatic rings. The van der Waals surface area contributed by atoms with Gasteiger partial charge in [-0.15, -0.1) is 0 Å². The Bertz CT molecular complexity index is 280. The first kappa shape index (κ1) is 14.2. The summed E-state index contributed by atoms with van der Waals surface area (Å²) in [7, 11) is 0.